The molecule has 1 N–H and O–H groups in total. The molecule has 1 amide bonds. The number of morpholine rings is 1. The minimum atomic E-state index is -0.316. The summed E-state index contributed by atoms with van der Waals surface area (Å²) in [6.45, 7) is 7.17. The van der Waals surface area contributed by atoms with E-state index in [9.17, 15) is 9.18 Å². The molecule has 134 valence electrons. The fourth-order valence-corrected chi connectivity index (χ4v) is 3.16. The summed E-state index contributed by atoms with van der Waals surface area (Å²) < 4.78 is 20.4. The number of carbonyl (C=O) groups excluding carboxylic acids is 1. The number of nitrogens with one attached hydrogen (secondary N) is 1. The van der Waals surface area contributed by atoms with E-state index in [1.807, 2.05) is 0 Å². The zero-order valence-electron chi connectivity index (χ0n) is 14.5. The molecule has 0 bridgehead atoms. The number of carbonyl (C=O) groups is 1. The zero-order chi connectivity index (χ0) is 17.8. The Morgan fingerprint density at radius 1 is 1.28 bits per heavy atom. The van der Waals surface area contributed by atoms with Gasteiger partial charge >= 0.3 is 0 Å². The summed E-state index contributed by atoms with van der Waals surface area (Å²) in [7, 11) is 0. The molecule has 0 spiro atoms. The molecule has 1 aromatic heterocycles. The lowest BCUT2D eigenvalue weighted by Gasteiger charge is -2.35. The van der Waals surface area contributed by atoms with Gasteiger partial charge < -0.3 is 10.1 Å². The molecule has 2 aromatic rings. The molecule has 1 aliphatic rings. The van der Waals surface area contributed by atoms with E-state index in [4.69, 9.17) is 4.74 Å². The number of aromatic nitrogens is 2. The zero-order valence-corrected chi connectivity index (χ0v) is 14.5. The number of hydrogen-bond donors (Lipinski definition) is 1. The minimum absolute atomic E-state index is 0.198. The highest BCUT2D eigenvalue weighted by atomic mass is 19.1. The number of benzene rings is 1. The van der Waals surface area contributed by atoms with Crippen LogP contribution >= 0.6 is 0 Å². The van der Waals surface area contributed by atoms with Crippen molar-refractivity contribution in [2.45, 2.75) is 26.1 Å². The van der Waals surface area contributed by atoms with Crippen LogP contribution in [0.2, 0.25) is 0 Å². The first-order valence-corrected chi connectivity index (χ1v) is 8.47. The maximum atomic E-state index is 13.1. The standard InChI is InChI=1S/C18H23FN4O2/c1-13-10-22(11-14(2)25-13)8-7-21-18(24)17-9-20-12-23(17)16-5-3-15(19)4-6-16/h3-6,9,12-14H,7-8,10-11H2,1-2H3,(H,21,24)/t13-,14-/m1/s1. The number of hydrogen-bond acceptors (Lipinski definition) is 4. The molecule has 3 rings (SSSR count). The number of ether oxygens (including phenoxy) is 1. The van der Waals surface area contributed by atoms with Crippen LogP contribution in [0.1, 0.15) is 24.3 Å². The molecule has 7 heteroatoms. The van der Waals surface area contributed by atoms with E-state index in [2.05, 4.69) is 29.0 Å². The first-order chi connectivity index (χ1) is 12.0. The number of imidazole rings is 1. The fourth-order valence-electron chi connectivity index (χ4n) is 3.16. The van der Waals surface area contributed by atoms with E-state index < -0.39 is 0 Å². The van der Waals surface area contributed by atoms with Gasteiger partial charge in [0.25, 0.3) is 5.91 Å². The Morgan fingerprint density at radius 2 is 1.96 bits per heavy atom. The van der Waals surface area contributed by atoms with Gasteiger partial charge in [-0.15, -0.1) is 0 Å². The molecule has 0 aliphatic carbocycles. The third-order valence-corrected chi connectivity index (χ3v) is 4.18. The van der Waals surface area contributed by atoms with Crippen molar-refractivity contribution in [1.29, 1.82) is 0 Å². The van der Waals surface area contributed by atoms with E-state index in [0.717, 1.165) is 19.6 Å². The van der Waals surface area contributed by atoms with Crippen LogP contribution in [0.15, 0.2) is 36.8 Å². The predicted octanol–water partition coefficient (Wildman–Crippen LogP) is 1.85. The van der Waals surface area contributed by atoms with E-state index >= 15 is 0 Å². The Balaban J connectivity index is 1.57. The maximum absolute atomic E-state index is 13.1. The van der Waals surface area contributed by atoms with Crippen molar-refractivity contribution in [3.05, 3.63) is 48.3 Å². The van der Waals surface area contributed by atoms with Crippen LogP contribution in [0.4, 0.5) is 4.39 Å². The quantitative estimate of drug-likeness (QED) is 0.898. The molecular weight excluding hydrogens is 323 g/mol. The van der Waals surface area contributed by atoms with Crippen LogP contribution < -0.4 is 5.32 Å². The highest BCUT2D eigenvalue weighted by Gasteiger charge is 2.22. The van der Waals surface area contributed by atoms with Crippen molar-refractivity contribution in [1.82, 2.24) is 19.8 Å². The lowest BCUT2D eigenvalue weighted by Crippen LogP contribution is -2.47. The Kier molecular flexibility index (Phi) is 5.45. The molecule has 0 saturated carbocycles. The summed E-state index contributed by atoms with van der Waals surface area (Å²) in [6.07, 6.45) is 3.48. The van der Waals surface area contributed by atoms with Crippen LogP contribution in [0.3, 0.4) is 0 Å². The van der Waals surface area contributed by atoms with Gasteiger partial charge in [-0.2, -0.15) is 0 Å². The molecule has 1 fully saturated rings. The largest absolute Gasteiger partial charge is 0.373 e. The van der Waals surface area contributed by atoms with Crippen molar-refractivity contribution in [3.63, 3.8) is 0 Å². The van der Waals surface area contributed by atoms with Gasteiger partial charge in [0.15, 0.2) is 0 Å². The lowest BCUT2D eigenvalue weighted by molar-refractivity contribution is -0.0672. The van der Waals surface area contributed by atoms with Gasteiger partial charge in [-0.1, -0.05) is 0 Å². The third kappa shape index (κ3) is 4.43. The summed E-state index contributed by atoms with van der Waals surface area (Å²) in [4.78, 5) is 18.8. The van der Waals surface area contributed by atoms with E-state index in [1.54, 1.807) is 23.0 Å². The number of amides is 1. The topological polar surface area (TPSA) is 59.4 Å². The van der Waals surface area contributed by atoms with Gasteiger partial charge in [-0.25, -0.2) is 9.37 Å². The Morgan fingerprint density at radius 3 is 2.64 bits per heavy atom. The van der Waals surface area contributed by atoms with Gasteiger partial charge in [0.1, 0.15) is 11.5 Å². The third-order valence-electron chi connectivity index (χ3n) is 4.18. The lowest BCUT2D eigenvalue weighted by atomic mass is 10.2. The predicted molar refractivity (Wildman–Crippen MR) is 92.3 cm³/mol. The van der Waals surface area contributed by atoms with Gasteiger partial charge in [0, 0.05) is 31.9 Å². The van der Waals surface area contributed by atoms with Gasteiger partial charge in [0.2, 0.25) is 0 Å². The maximum Gasteiger partial charge on any atom is 0.269 e. The molecule has 6 nitrogen and oxygen atoms in total. The van der Waals surface area contributed by atoms with Crippen LogP contribution in [0.5, 0.6) is 0 Å². The van der Waals surface area contributed by atoms with Gasteiger partial charge in [-0.05, 0) is 38.1 Å². The Hall–Kier alpha value is -2.25. The molecule has 1 aliphatic heterocycles. The number of halogens is 1. The second-order valence-electron chi connectivity index (χ2n) is 6.40. The molecule has 2 atom stereocenters. The molecule has 25 heavy (non-hydrogen) atoms. The Labute approximate surface area is 146 Å². The van der Waals surface area contributed by atoms with Gasteiger partial charge in [-0.3, -0.25) is 14.3 Å². The average molecular weight is 346 g/mol. The summed E-state index contributed by atoms with van der Waals surface area (Å²) >= 11 is 0. The van der Waals surface area contributed by atoms with Gasteiger partial charge in [0.05, 0.1) is 24.7 Å². The van der Waals surface area contributed by atoms with E-state index in [1.165, 1.54) is 18.3 Å². The van der Waals surface area contributed by atoms with Crippen LogP contribution in [-0.2, 0) is 4.74 Å². The molecular formula is C18H23FN4O2. The molecule has 2 heterocycles. The second-order valence-corrected chi connectivity index (χ2v) is 6.40. The Bertz CT molecular complexity index is 706. The molecule has 1 aromatic carbocycles. The normalized spacial score (nSPS) is 21.2. The summed E-state index contributed by atoms with van der Waals surface area (Å²) in [6, 6.07) is 5.95. The molecule has 1 saturated heterocycles. The van der Waals surface area contributed by atoms with E-state index in [0.29, 0.717) is 17.9 Å². The van der Waals surface area contributed by atoms with E-state index in [-0.39, 0.29) is 23.9 Å². The highest BCUT2D eigenvalue weighted by molar-refractivity contribution is 5.92. The van der Waals surface area contributed by atoms with Crippen molar-refractivity contribution in [2.24, 2.45) is 0 Å². The fraction of sp³-hybridized carbons (Fsp3) is 0.444. The highest BCUT2D eigenvalue weighted by Crippen LogP contribution is 2.12. The minimum Gasteiger partial charge on any atom is -0.373 e. The summed E-state index contributed by atoms with van der Waals surface area (Å²) in [5.74, 6) is -0.514. The van der Waals surface area contributed by atoms with Crippen LogP contribution in [-0.4, -0.2) is 58.7 Å². The first-order valence-electron chi connectivity index (χ1n) is 8.47. The van der Waals surface area contributed by atoms with Crippen molar-refractivity contribution < 1.29 is 13.9 Å². The number of rotatable bonds is 5. The summed E-state index contributed by atoms with van der Waals surface area (Å²) in [5.41, 5.74) is 1.12. The SMILES string of the molecule is C[C@@H]1CN(CCNC(=O)c2cncn2-c2ccc(F)cc2)C[C@@H](C)O1. The van der Waals surface area contributed by atoms with Crippen LogP contribution in [0.25, 0.3) is 5.69 Å². The smallest absolute Gasteiger partial charge is 0.269 e. The van der Waals surface area contributed by atoms with Crippen molar-refractivity contribution in [3.8, 4) is 5.69 Å². The average Bonchev–Trinajstić information content (AvgIpc) is 3.04. The second kappa shape index (κ2) is 7.76. The summed E-state index contributed by atoms with van der Waals surface area (Å²) in [5, 5.41) is 2.93. The molecule has 0 unspecified atom stereocenters. The van der Waals surface area contributed by atoms with Crippen LogP contribution in [0, 0.1) is 5.82 Å². The van der Waals surface area contributed by atoms with Crippen molar-refractivity contribution >= 4 is 5.91 Å². The number of nitrogens with zero attached hydrogens (tertiary/aromatic N) is 3. The monoisotopic (exact) mass is 346 g/mol. The van der Waals surface area contributed by atoms with Crippen molar-refractivity contribution in [2.75, 3.05) is 26.2 Å². The molecule has 0 radical (unpaired) electrons. The first kappa shape index (κ1) is 17.6.